The minimum Gasteiger partial charge on any atom is -0.353 e. The fraction of sp³-hybridized carbons (Fsp3) is 0.562. The molecule has 6 nitrogen and oxygen atoms in total. The van der Waals surface area contributed by atoms with Gasteiger partial charge in [-0.3, -0.25) is 4.79 Å². The number of sulfonamides is 1. The van der Waals surface area contributed by atoms with E-state index in [9.17, 15) is 13.2 Å². The van der Waals surface area contributed by atoms with Gasteiger partial charge in [-0.25, -0.2) is 8.42 Å². The number of carbonyl (C=O) groups is 1. The summed E-state index contributed by atoms with van der Waals surface area (Å²) in [5.41, 5.74) is 0. The van der Waals surface area contributed by atoms with Crippen molar-refractivity contribution in [2.24, 2.45) is 0 Å². The summed E-state index contributed by atoms with van der Waals surface area (Å²) in [6, 6.07) is 7.44. The highest BCUT2D eigenvalue weighted by molar-refractivity contribution is 7.98. The summed E-state index contributed by atoms with van der Waals surface area (Å²) in [4.78, 5) is 12.6. The zero-order chi connectivity index (χ0) is 18.0. The third-order valence-electron chi connectivity index (χ3n) is 3.41. The maximum Gasteiger partial charge on any atom is 0.241 e. The van der Waals surface area contributed by atoms with Crippen LogP contribution in [0.25, 0.3) is 0 Å². The molecule has 0 aliphatic rings. The van der Waals surface area contributed by atoms with Gasteiger partial charge in [-0.1, -0.05) is 25.1 Å². The van der Waals surface area contributed by atoms with Gasteiger partial charge in [0.25, 0.3) is 0 Å². The fourth-order valence-electron chi connectivity index (χ4n) is 2.13. The van der Waals surface area contributed by atoms with E-state index < -0.39 is 16.1 Å². The lowest BCUT2D eigenvalue weighted by Crippen LogP contribution is -2.49. The van der Waals surface area contributed by atoms with Crippen molar-refractivity contribution >= 4 is 40.1 Å². The van der Waals surface area contributed by atoms with E-state index in [0.717, 1.165) is 6.54 Å². The van der Waals surface area contributed by atoms with Crippen LogP contribution in [-0.2, 0) is 14.8 Å². The molecule has 0 aromatic heterocycles. The number of benzene rings is 1. The molecule has 0 radical (unpaired) electrons. The number of likely N-dealkylation sites (N-methyl/N-ethyl adjacent to an activating group) is 1. The molecule has 0 saturated carbocycles. The highest BCUT2D eigenvalue weighted by atomic mass is 35.5. The van der Waals surface area contributed by atoms with Crippen LogP contribution >= 0.6 is 24.2 Å². The quantitative estimate of drug-likeness (QED) is 0.517. The third kappa shape index (κ3) is 8.91. The minimum atomic E-state index is -3.72. The molecule has 3 N–H and O–H groups in total. The van der Waals surface area contributed by atoms with Gasteiger partial charge in [-0.15, -0.1) is 12.4 Å². The predicted molar refractivity (Wildman–Crippen MR) is 107 cm³/mol. The monoisotopic (exact) mass is 409 g/mol. The topological polar surface area (TPSA) is 87.3 Å². The Morgan fingerprint density at radius 2 is 1.88 bits per heavy atom. The van der Waals surface area contributed by atoms with E-state index >= 15 is 0 Å². The van der Waals surface area contributed by atoms with E-state index in [-0.39, 0.29) is 29.3 Å². The Morgan fingerprint density at radius 1 is 1.24 bits per heavy atom. The van der Waals surface area contributed by atoms with Gasteiger partial charge >= 0.3 is 0 Å². The summed E-state index contributed by atoms with van der Waals surface area (Å²) in [6.07, 6.45) is 2.36. The van der Waals surface area contributed by atoms with Crippen molar-refractivity contribution in [2.45, 2.75) is 37.2 Å². The van der Waals surface area contributed by atoms with Gasteiger partial charge in [0.05, 0.1) is 4.90 Å². The van der Waals surface area contributed by atoms with Crippen LogP contribution in [0, 0.1) is 0 Å². The Hall–Kier alpha value is -0.800. The lowest BCUT2D eigenvalue weighted by Gasteiger charge is -2.20. The first-order valence-corrected chi connectivity index (χ1v) is 10.9. The molecule has 2 atom stereocenters. The highest BCUT2D eigenvalue weighted by Crippen LogP contribution is 2.10. The van der Waals surface area contributed by atoms with Gasteiger partial charge in [0.15, 0.2) is 0 Å². The van der Waals surface area contributed by atoms with Crippen molar-refractivity contribution in [3.8, 4) is 0 Å². The third-order valence-corrected chi connectivity index (χ3v) is 5.54. The summed E-state index contributed by atoms with van der Waals surface area (Å²) in [5.74, 6) is 0.395. The van der Waals surface area contributed by atoms with Gasteiger partial charge in [0.2, 0.25) is 15.9 Å². The number of amides is 1. The van der Waals surface area contributed by atoms with Gasteiger partial charge < -0.3 is 10.6 Å². The fourth-order valence-corrected chi connectivity index (χ4v) is 3.85. The Balaban J connectivity index is 0.00000576. The number of rotatable bonds is 11. The molecule has 0 aliphatic carbocycles. The average molecular weight is 410 g/mol. The average Bonchev–Trinajstić information content (AvgIpc) is 2.57. The normalized spacial score (nSPS) is 13.6. The number of hydrogen-bond acceptors (Lipinski definition) is 5. The van der Waals surface area contributed by atoms with Crippen molar-refractivity contribution in [1.82, 2.24) is 15.4 Å². The molecule has 0 saturated heterocycles. The van der Waals surface area contributed by atoms with Crippen LogP contribution in [-0.4, -0.2) is 51.5 Å². The van der Waals surface area contributed by atoms with Crippen molar-refractivity contribution in [3.63, 3.8) is 0 Å². The lowest BCUT2D eigenvalue weighted by atomic mass is 10.2. The Morgan fingerprint density at radius 3 is 2.44 bits per heavy atom. The molecule has 1 aromatic rings. The molecule has 144 valence electrons. The molecule has 25 heavy (non-hydrogen) atoms. The molecule has 0 aliphatic heterocycles. The Bertz CT molecular complexity index is 600. The molecule has 0 heterocycles. The van der Waals surface area contributed by atoms with Gasteiger partial charge in [0, 0.05) is 12.6 Å². The second-order valence-corrected chi connectivity index (χ2v) is 8.17. The first-order chi connectivity index (χ1) is 11.4. The molecule has 0 bridgehead atoms. The van der Waals surface area contributed by atoms with Crippen LogP contribution in [0.2, 0.25) is 0 Å². The molecule has 9 heteroatoms. The zero-order valence-corrected chi connectivity index (χ0v) is 17.3. The molecule has 0 spiro atoms. The molecular weight excluding hydrogens is 382 g/mol. The molecular formula is C16H28ClN3O3S2. The smallest absolute Gasteiger partial charge is 0.241 e. The van der Waals surface area contributed by atoms with Crippen molar-refractivity contribution in [2.75, 3.05) is 25.1 Å². The van der Waals surface area contributed by atoms with Crippen molar-refractivity contribution in [1.29, 1.82) is 0 Å². The van der Waals surface area contributed by atoms with Crippen molar-refractivity contribution in [3.05, 3.63) is 30.3 Å². The first-order valence-electron chi connectivity index (χ1n) is 7.98. The zero-order valence-electron chi connectivity index (χ0n) is 14.8. The number of hydrogen-bond donors (Lipinski definition) is 3. The summed E-state index contributed by atoms with van der Waals surface area (Å²) < 4.78 is 27.4. The van der Waals surface area contributed by atoms with Gasteiger partial charge in [-0.2, -0.15) is 16.5 Å². The van der Waals surface area contributed by atoms with E-state index in [0.29, 0.717) is 18.7 Å². The van der Waals surface area contributed by atoms with Crippen LogP contribution in [0.1, 0.15) is 20.3 Å². The molecule has 0 fully saturated rings. The van der Waals surface area contributed by atoms with E-state index in [4.69, 9.17) is 0 Å². The Kier molecular flexibility index (Phi) is 12.1. The van der Waals surface area contributed by atoms with Crippen LogP contribution in [0.5, 0.6) is 0 Å². The first kappa shape index (κ1) is 24.2. The molecule has 1 rings (SSSR count). The van der Waals surface area contributed by atoms with Crippen LogP contribution in [0.15, 0.2) is 35.2 Å². The Labute approximate surface area is 161 Å². The second-order valence-electron chi connectivity index (χ2n) is 5.47. The standard InChI is InChI=1S/C16H27N3O3S2.ClH/c1-4-17-13(2)12-18-16(20)15(10-11-23-3)19-24(21,22)14-8-6-5-7-9-14;/h5-9,13,15,17,19H,4,10-12H2,1-3H3,(H,18,20);1H/t13-,15?;/m1./s1. The summed E-state index contributed by atoms with van der Waals surface area (Å²) >= 11 is 1.57. The maximum absolute atomic E-state index is 12.4. The molecule has 1 amide bonds. The van der Waals surface area contributed by atoms with Crippen LogP contribution < -0.4 is 15.4 Å². The van der Waals surface area contributed by atoms with Gasteiger partial charge in [-0.05, 0) is 44.0 Å². The molecule has 1 aromatic carbocycles. The van der Waals surface area contributed by atoms with E-state index in [1.165, 1.54) is 12.1 Å². The number of thioether (sulfide) groups is 1. The SMILES string of the molecule is CCN[C@H](C)CNC(=O)C(CCSC)NS(=O)(=O)c1ccccc1.Cl. The predicted octanol–water partition coefficient (Wildman–Crippen LogP) is 1.62. The number of carbonyl (C=O) groups excluding carboxylic acids is 1. The van der Waals surface area contributed by atoms with Crippen LogP contribution in [0.3, 0.4) is 0 Å². The summed E-state index contributed by atoms with van der Waals surface area (Å²) in [7, 11) is -3.72. The number of nitrogens with one attached hydrogen (secondary N) is 3. The largest absolute Gasteiger partial charge is 0.353 e. The van der Waals surface area contributed by atoms with Crippen LogP contribution in [0.4, 0.5) is 0 Å². The highest BCUT2D eigenvalue weighted by Gasteiger charge is 2.25. The summed E-state index contributed by atoms with van der Waals surface area (Å²) in [6.45, 7) is 5.23. The minimum absolute atomic E-state index is 0. The van der Waals surface area contributed by atoms with Crippen molar-refractivity contribution < 1.29 is 13.2 Å². The second kappa shape index (κ2) is 12.5. The van der Waals surface area contributed by atoms with E-state index in [2.05, 4.69) is 15.4 Å². The van der Waals surface area contributed by atoms with E-state index in [1.54, 1.807) is 30.0 Å². The summed E-state index contributed by atoms with van der Waals surface area (Å²) in [5, 5.41) is 6.01. The maximum atomic E-state index is 12.4. The van der Waals surface area contributed by atoms with E-state index in [1.807, 2.05) is 20.1 Å². The molecule has 1 unspecified atom stereocenters. The van der Waals surface area contributed by atoms with Gasteiger partial charge in [0.1, 0.15) is 6.04 Å². The lowest BCUT2D eigenvalue weighted by molar-refractivity contribution is -0.122. The number of halogens is 1.